The Morgan fingerprint density at radius 1 is 1.28 bits per heavy atom. The first kappa shape index (κ1) is 14.7. The molecule has 0 aliphatic rings. The largest absolute Gasteiger partial charge is 0.346 e. The lowest BCUT2D eigenvalue weighted by Gasteiger charge is -2.20. The van der Waals surface area contributed by atoms with E-state index in [1.165, 1.54) is 0 Å². The van der Waals surface area contributed by atoms with Crippen molar-refractivity contribution in [1.29, 1.82) is 0 Å². The van der Waals surface area contributed by atoms with Gasteiger partial charge in [0.2, 0.25) is 5.91 Å². The average molecular weight is 248 g/mol. The van der Waals surface area contributed by atoms with Gasteiger partial charge in [0.15, 0.2) is 0 Å². The summed E-state index contributed by atoms with van der Waals surface area (Å²) in [7, 11) is 1.86. The normalized spacial score (nSPS) is 12.5. The minimum atomic E-state index is -0.0531. The number of nitrogens with zero attached hydrogens (tertiary/aromatic N) is 1. The van der Waals surface area contributed by atoms with Gasteiger partial charge in [-0.2, -0.15) is 0 Å². The van der Waals surface area contributed by atoms with Crippen molar-refractivity contribution in [1.82, 2.24) is 4.90 Å². The van der Waals surface area contributed by atoms with Gasteiger partial charge in [0, 0.05) is 26.1 Å². The van der Waals surface area contributed by atoms with Crippen molar-refractivity contribution in [2.45, 2.75) is 32.7 Å². The van der Waals surface area contributed by atoms with Gasteiger partial charge in [-0.3, -0.25) is 4.79 Å². The SMILES string of the molecule is CC(C)CN(C)C(=O)CCC(N)c1ccccc1. The Labute approximate surface area is 110 Å². The quantitative estimate of drug-likeness (QED) is 0.841. The maximum absolute atomic E-state index is 11.9. The van der Waals surface area contributed by atoms with Gasteiger partial charge in [-0.25, -0.2) is 0 Å². The Bertz CT molecular complexity index is 362. The number of hydrogen-bond acceptors (Lipinski definition) is 2. The summed E-state index contributed by atoms with van der Waals surface area (Å²) in [5.74, 6) is 0.678. The molecule has 0 spiro atoms. The minimum Gasteiger partial charge on any atom is -0.346 e. The molecule has 3 heteroatoms. The molecule has 0 fully saturated rings. The second-order valence-electron chi connectivity index (χ2n) is 5.22. The summed E-state index contributed by atoms with van der Waals surface area (Å²) in [4.78, 5) is 13.7. The molecule has 18 heavy (non-hydrogen) atoms. The van der Waals surface area contributed by atoms with E-state index < -0.39 is 0 Å². The Balaban J connectivity index is 2.39. The highest BCUT2D eigenvalue weighted by atomic mass is 16.2. The monoisotopic (exact) mass is 248 g/mol. The van der Waals surface area contributed by atoms with Gasteiger partial charge in [-0.05, 0) is 17.9 Å². The first-order valence-corrected chi connectivity index (χ1v) is 6.55. The zero-order chi connectivity index (χ0) is 13.5. The summed E-state index contributed by atoms with van der Waals surface area (Å²) in [5.41, 5.74) is 7.17. The first-order valence-electron chi connectivity index (χ1n) is 6.55. The Hall–Kier alpha value is -1.35. The summed E-state index contributed by atoms with van der Waals surface area (Å²) in [6, 6.07) is 9.88. The fourth-order valence-corrected chi connectivity index (χ4v) is 1.99. The molecule has 0 heterocycles. The van der Waals surface area contributed by atoms with Crippen LogP contribution in [0.2, 0.25) is 0 Å². The van der Waals surface area contributed by atoms with Gasteiger partial charge >= 0.3 is 0 Å². The molecule has 100 valence electrons. The van der Waals surface area contributed by atoms with Crippen molar-refractivity contribution in [3.63, 3.8) is 0 Å². The highest BCUT2D eigenvalue weighted by Crippen LogP contribution is 2.15. The second kappa shape index (κ2) is 7.17. The molecule has 1 unspecified atom stereocenters. The molecule has 0 aliphatic carbocycles. The zero-order valence-electron chi connectivity index (χ0n) is 11.6. The van der Waals surface area contributed by atoms with Crippen LogP contribution in [-0.4, -0.2) is 24.4 Å². The smallest absolute Gasteiger partial charge is 0.222 e. The van der Waals surface area contributed by atoms with Gasteiger partial charge in [0.1, 0.15) is 0 Å². The molecule has 3 nitrogen and oxygen atoms in total. The molecule has 0 bridgehead atoms. The molecule has 1 aromatic rings. The predicted octanol–water partition coefficient (Wildman–Crippen LogP) is 2.58. The van der Waals surface area contributed by atoms with Crippen molar-refractivity contribution in [2.24, 2.45) is 11.7 Å². The molecule has 0 radical (unpaired) electrons. The number of carbonyl (C=O) groups is 1. The third kappa shape index (κ3) is 4.88. The van der Waals surface area contributed by atoms with Crippen molar-refractivity contribution in [3.8, 4) is 0 Å². The van der Waals surface area contributed by atoms with Crippen LogP contribution in [-0.2, 0) is 4.79 Å². The highest BCUT2D eigenvalue weighted by Gasteiger charge is 2.13. The number of amides is 1. The summed E-state index contributed by atoms with van der Waals surface area (Å²) >= 11 is 0. The van der Waals surface area contributed by atoms with E-state index in [0.717, 1.165) is 12.1 Å². The first-order chi connectivity index (χ1) is 8.50. The van der Waals surface area contributed by atoms with E-state index in [1.54, 1.807) is 4.90 Å². The van der Waals surface area contributed by atoms with Crippen LogP contribution in [0.1, 0.15) is 38.3 Å². The summed E-state index contributed by atoms with van der Waals surface area (Å²) in [5, 5.41) is 0. The van der Waals surface area contributed by atoms with Crippen LogP contribution in [0, 0.1) is 5.92 Å². The van der Waals surface area contributed by atoms with E-state index >= 15 is 0 Å². The summed E-state index contributed by atoms with van der Waals surface area (Å²) in [6.07, 6.45) is 1.21. The van der Waals surface area contributed by atoms with Crippen molar-refractivity contribution in [3.05, 3.63) is 35.9 Å². The van der Waals surface area contributed by atoms with Gasteiger partial charge in [-0.1, -0.05) is 44.2 Å². The molecule has 0 aliphatic heterocycles. The van der Waals surface area contributed by atoms with E-state index in [0.29, 0.717) is 18.8 Å². The fraction of sp³-hybridized carbons (Fsp3) is 0.533. The van der Waals surface area contributed by atoms with Gasteiger partial charge < -0.3 is 10.6 Å². The number of benzene rings is 1. The lowest BCUT2D eigenvalue weighted by atomic mass is 10.0. The van der Waals surface area contributed by atoms with Crippen LogP contribution in [0.15, 0.2) is 30.3 Å². The lowest BCUT2D eigenvalue weighted by Crippen LogP contribution is -2.30. The number of hydrogen-bond donors (Lipinski definition) is 1. The highest BCUT2D eigenvalue weighted by molar-refractivity contribution is 5.75. The predicted molar refractivity (Wildman–Crippen MR) is 75.1 cm³/mol. The zero-order valence-corrected chi connectivity index (χ0v) is 11.6. The third-order valence-corrected chi connectivity index (χ3v) is 2.96. The topological polar surface area (TPSA) is 46.3 Å². The van der Waals surface area contributed by atoms with Gasteiger partial charge in [0.25, 0.3) is 0 Å². The van der Waals surface area contributed by atoms with Crippen molar-refractivity contribution in [2.75, 3.05) is 13.6 Å². The summed E-state index contributed by atoms with van der Waals surface area (Å²) in [6.45, 7) is 5.03. The summed E-state index contributed by atoms with van der Waals surface area (Å²) < 4.78 is 0. The van der Waals surface area contributed by atoms with Crippen LogP contribution in [0.5, 0.6) is 0 Å². The van der Waals surface area contributed by atoms with Crippen LogP contribution in [0.4, 0.5) is 0 Å². The molecule has 1 amide bonds. The molecule has 0 aromatic heterocycles. The van der Waals surface area contributed by atoms with Crippen molar-refractivity contribution < 1.29 is 4.79 Å². The van der Waals surface area contributed by atoms with Crippen LogP contribution >= 0.6 is 0 Å². The molecule has 1 aromatic carbocycles. The standard InChI is InChI=1S/C15H24N2O/c1-12(2)11-17(3)15(18)10-9-14(16)13-7-5-4-6-8-13/h4-8,12,14H,9-11,16H2,1-3H3. The van der Waals surface area contributed by atoms with Gasteiger partial charge in [0.05, 0.1) is 0 Å². The fourth-order valence-electron chi connectivity index (χ4n) is 1.99. The molecule has 1 rings (SSSR count). The second-order valence-corrected chi connectivity index (χ2v) is 5.22. The van der Waals surface area contributed by atoms with E-state index in [1.807, 2.05) is 37.4 Å². The number of rotatable bonds is 6. The Morgan fingerprint density at radius 2 is 1.89 bits per heavy atom. The van der Waals surface area contributed by atoms with E-state index in [-0.39, 0.29) is 11.9 Å². The third-order valence-electron chi connectivity index (χ3n) is 2.96. The van der Waals surface area contributed by atoms with Crippen LogP contribution in [0.3, 0.4) is 0 Å². The van der Waals surface area contributed by atoms with E-state index in [9.17, 15) is 4.79 Å². The molecular weight excluding hydrogens is 224 g/mol. The van der Waals surface area contributed by atoms with Crippen molar-refractivity contribution >= 4 is 5.91 Å². The minimum absolute atomic E-state index is 0.0531. The average Bonchev–Trinajstić information content (AvgIpc) is 2.35. The maximum Gasteiger partial charge on any atom is 0.222 e. The lowest BCUT2D eigenvalue weighted by molar-refractivity contribution is -0.130. The molecular formula is C15H24N2O. The Morgan fingerprint density at radius 3 is 2.44 bits per heavy atom. The van der Waals surface area contributed by atoms with E-state index in [2.05, 4.69) is 13.8 Å². The molecule has 0 saturated heterocycles. The maximum atomic E-state index is 11.9. The Kier molecular flexibility index (Phi) is 5.86. The molecule has 0 saturated carbocycles. The molecule has 1 atom stereocenters. The number of nitrogens with two attached hydrogens (primary N) is 1. The number of carbonyl (C=O) groups excluding carboxylic acids is 1. The van der Waals surface area contributed by atoms with Gasteiger partial charge in [-0.15, -0.1) is 0 Å². The van der Waals surface area contributed by atoms with E-state index in [4.69, 9.17) is 5.73 Å². The van der Waals surface area contributed by atoms with Crippen LogP contribution < -0.4 is 5.73 Å². The van der Waals surface area contributed by atoms with Crippen LogP contribution in [0.25, 0.3) is 0 Å². The molecule has 2 N–H and O–H groups in total.